The summed E-state index contributed by atoms with van der Waals surface area (Å²) in [5, 5.41) is 0. The Bertz CT molecular complexity index is 1090. The first kappa shape index (κ1) is 25.7. The second-order valence-corrected chi connectivity index (χ2v) is 9.86. The maximum absolute atomic E-state index is 13.7. The maximum Gasteiger partial charge on any atom is 0.242 e. The first-order valence-corrected chi connectivity index (χ1v) is 13.3. The molecule has 190 valence electrons. The molecule has 5 heteroatoms. The molecule has 0 N–H and O–H groups in total. The van der Waals surface area contributed by atoms with E-state index in [9.17, 15) is 9.59 Å². The van der Waals surface area contributed by atoms with Gasteiger partial charge in [-0.3, -0.25) is 9.59 Å². The van der Waals surface area contributed by atoms with Gasteiger partial charge in [0.1, 0.15) is 18.1 Å². The van der Waals surface area contributed by atoms with Crippen LogP contribution in [-0.2, 0) is 29.0 Å². The van der Waals surface area contributed by atoms with Crippen LogP contribution in [-0.4, -0.2) is 40.7 Å². The topological polar surface area (TPSA) is 53.8 Å². The van der Waals surface area contributed by atoms with Gasteiger partial charge in [0.25, 0.3) is 0 Å². The molecule has 5 nitrogen and oxygen atoms in total. The van der Waals surface area contributed by atoms with Gasteiger partial charge in [-0.25, -0.2) is 0 Å². The number of rotatable bonds is 11. The summed E-state index contributed by atoms with van der Waals surface area (Å²) >= 11 is 0. The molecule has 1 aliphatic rings. The average Bonchev–Trinajstić information content (AvgIpc) is 3.34. The van der Waals surface area contributed by atoms with Crippen molar-refractivity contribution in [3.8, 4) is 0 Å². The predicted molar refractivity (Wildman–Crippen MR) is 142 cm³/mol. The molecule has 1 aliphatic carbocycles. The molecule has 0 saturated heterocycles. The Hall–Kier alpha value is -3.34. The summed E-state index contributed by atoms with van der Waals surface area (Å²) in [5.74, 6) is 1.67. The van der Waals surface area contributed by atoms with Crippen molar-refractivity contribution in [2.75, 3.05) is 13.1 Å². The van der Waals surface area contributed by atoms with Crippen LogP contribution < -0.4 is 0 Å². The van der Waals surface area contributed by atoms with Gasteiger partial charge in [0.05, 0.1) is 6.54 Å². The van der Waals surface area contributed by atoms with Crippen molar-refractivity contribution < 1.29 is 14.0 Å². The standard InChI is InChI=1S/C31H38N2O3/c1-25-17-19-29(36-25)23-32(22-21-27-13-7-3-8-14-27)31(35)24-33(28-15-9-4-10-16-28)30(34)20-18-26-11-5-2-6-12-26/h2-3,5-8,11-14,17,19,28H,4,9-10,15-16,18,20-24H2,1H3. The van der Waals surface area contributed by atoms with Crippen LogP contribution >= 0.6 is 0 Å². The first-order valence-electron chi connectivity index (χ1n) is 13.3. The van der Waals surface area contributed by atoms with Crippen LogP contribution in [0.4, 0.5) is 0 Å². The van der Waals surface area contributed by atoms with Crippen LogP contribution in [0.2, 0.25) is 0 Å². The Morgan fingerprint density at radius 3 is 2.06 bits per heavy atom. The molecular formula is C31H38N2O3. The Balaban J connectivity index is 1.46. The van der Waals surface area contributed by atoms with E-state index in [0.717, 1.165) is 49.2 Å². The molecule has 2 amide bonds. The maximum atomic E-state index is 13.7. The lowest BCUT2D eigenvalue weighted by Crippen LogP contribution is -2.48. The quantitative estimate of drug-likeness (QED) is 0.336. The molecule has 0 radical (unpaired) electrons. The summed E-state index contributed by atoms with van der Waals surface area (Å²) in [4.78, 5) is 30.9. The minimum absolute atomic E-state index is 0.0152. The predicted octanol–water partition coefficient (Wildman–Crippen LogP) is 5.95. The zero-order valence-electron chi connectivity index (χ0n) is 21.4. The number of benzene rings is 2. The summed E-state index contributed by atoms with van der Waals surface area (Å²) in [6.45, 7) is 3.04. The molecule has 1 saturated carbocycles. The van der Waals surface area contributed by atoms with E-state index in [-0.39, 0.29) is 24.4 Å². The lowest BCUT2D eigenvalue weighted by molar-refractivity contribution is -0.143. The van der Waals surface area contributed by atoms with Crippen molar-refractivity contribution in [1.82, 2.24) is 9.80 Å². The second kappa shape index (κ2) is 13.1. The van der Waals surface area contributed by atoms with E-state index in [1.165, 1.54) is 12.0 Å². The third kappa shape index (κ3) is 7.58. The Kier molecular flexibility index (Phi) is 9.37. The molecule has 1 aromatic heterocycles. The van der Waals surface area contributed by atoms with Crippen LogP contribution in [0.15, 0.2) is 77.2 Å². The third-order valence-electron chi connectivity index (χ3n) is 7.12. The zero-order valence-corrected chi connectivity index (χ0v) is 21.4. The molecule has 0 aliphatic heterocycles. The number of aryl methyl sites for hydroxylation is 2. The van der Waals surface area contributed by atoms with Gasteiger partial charge >= 0.3 is 0 Å². The molecule has 2 aromatic carbocycles. The van der Waals surface area contributed by atoms with E-state index in [2.05, 4.69) is 24.3 Å². The van der Waals surface area contributed by atoms with Gasteiger partial charge in [-0.15, -0.1) is 0 Å². The summed E-state index contributed by atoms with van der Waals surface area (Å²) in [7, 11) is 0. The SMILES string of the molecule is Cc1ccc(CN(CCc2ccccc2)C(=O)CN(C(=O)CCc2ccccc2)C2CCCCC2)o1. The van der Waals surface area contributed by atoms with E-state index < -0.39 is 0 Å². The highest BCUT2D eigenvalue weighted by molar-refractivity contribution is 5.85. The van der Waals surface area contributed by atoms with Crippen molar-refractivity contribution in [1.29, 1.82) is 0 Å². The van der Waals surface area contributed by atoms with Crippen LogP contribution in [0.25, 0.3) is 0 Å². The van der Waals surface area contributed by atoms with E-state index in [1.807, 2.05) is 65.3 Å². The van der Waals surface area contributed by atoms with Crippen LogP contribution in [0.5, 0.6) is 0 Å². The van der Waals surface area contributed by atoms with Crippen LogP contribution in [0.1, 0.15) is 61.2 Å². The number of furan rings is 1. The summed E-state index contributed by atoms with van der Waals surface area (Å²) in [5.41, 5.74) is 2.34. The summed E-state index contributed by atoms with van der Waals surface area (Å²) in [6, 6.07) is 24.3. The number of hydrogen-bond donors (Lipinski definition) is 0. The molecule has 1 fully saturated rings. The van der Waals surface area contributed by atoms with E-state index in [0.29, 0.717) is 25.9 Å². The van der Waals surface area contributed by atoms with Crippen molar-refractivity contribution >= 4 is 11.8 Å². The monoisotopic (exact) mass is 486 g/mol. The van der Waals surface area contributed by atoms with E-state index in [1.54, 1.807) is 0 Å². The number of nitrogens with zero attached hydrogens (tertiary/aromatic N) is 2. The van der Waals surface area contributed by atoms with Crippen molar-refractivity contribution in [2.45, 2.75) is 70.9 Å². The van der Waals surface area contributed by atoms with Crippen LogP contribution in [0.3, 0.4) is 0 Å². The molecule has 3 aromatic rings. The van der Waals surface area contributed by atoms with Gasteiger partial charge in [0, 0.05) is 19.0 Å². The van der Waals surface area contributed by atoms with Crippen molar-refractivity contribution in [3.05, 3.63) is 95.4 Å². The van der Waals surface area contributed by atoms with Crippen molar-refractivity contribution in [3.63, 3.8) is 0 Å². The normalized spacial score (nSPS) is 13.9. The Morgan fingerprint density at radius 2 is 1.44 bits per heavy atom. The molecule has 4 rings (SSSR count). The minimum Gasteiger partial charge on any atom is -0.464 e. The molecule has 1 heterocycles. The molecule has 36 heavy (non-hydrogen) atoms. The summed E-state index contributed by atoms with van der Waals surface area (Å²) < 4.78 is 5.80. The molecule has 0 spiro atoms. The van der Waals surface area contributed by atoms with E-state index >= 15 is 0 Å². The van der Waals surface area contributed by atoms with Gasteiger partial charge in [-0.1, -0.05) is 79.9 Å². The highest BCUT2D eigenvalue weighted by atomic mass is 16.3. The fourth-order valence-electron chi connectivity index (χ4n) is 5.06. The van der Waals surface area contributed by atoms with E-state index in [4.69, 9.17) is 4.42 Å². The average molecular weight is 487 g/mol. The lowest BCUT2D eigenvalue weighted by atomic mass is 9.93. The smallest absolute Gasteiger partial charge is 0.242 e. The Labute approximate surface area is 215 Å². The van der Waals surface area contributed by atoms with Crippen molar-refractivity contribution in [2.24, 2.45) is 0 Å². The zero-order chi connectivity index (χ0) is 25.2. The lowest BCUT2D eigenvalue weighted by Gasteiger charge is -2.35. The number of carbonyl (C=O) groups is 2. The highest BCUT2D eigenvalue weighted by Gasteiger charge is 2.29. The highest BCUT2D eigenvalue weighted by Crippen LogP contribution is 2.24. The largest absolute Gasteiger partial charge is 0.464 e. The van der Waals surface area contributed by atoms with Gasteiger partial charge in [-0.05, 0) is 55.9 Å². The molecule has 0 bridgehead atoms. The fourth-order valence-corrected chi connectivity index (χ4v) is 5.06. The summed E-state index contributed by atoms with van der Waals surface area (Å²) in [6.07, 6.45) is 7.28. The molecule has 0 atom stereocenters. The van der Waals surface area contributed by atoms with Gasteiger partial charge in [0.2, 0.25) is 11.8 Å². The van der Waals surface area contributed by atoms with Crippen LogP contribution in [0, 0.1) is 6.92 Å². The molecule has 0 unspecified atom stereocenters. The number of amides is 2. The first-order chi connectivity index (χ1) is 17.6. The minimum atomic E-state index is -0.0152. The van der Waals surface area contributed by atoms with Gasteiger partial charge in [0.15, 0.2) is 0 Å². The van der Waals surface area contributed by atoms with Gasteiger partial charge in [-0.2, -0.15) is 0 Å². The number of hydrogen-bond acceptors (Lipinski definition) is 3. The third-order valence-corrected chi connectivity index (χ3v) is 7.12. The molecular weight excluding hydrogens is 448 g/mol. The number of carbonyl (C=O) groups excluding carboxylic acids is 2. The fraction of sp³-hybridized carbons (Fsp3) is 0.419. The van der Waals surface area contributed by atoms with Gasteiger partial charge < -0.3 is 14.2 Å². The Morgan fingerprint density at radius 1 is 0.806 bits per heavy atom. The second-order valence-electron chi connectivity index (χ2n) is 9.86.